The molecule has 31 heavy (non-hydrogen) atoms. The van der Waals surface area contributed by atoms with E-state index in [-0.39, 0.29) is 11.7 Å². The highest BCUT2D eigenvalue weighted by atomic mass is 79.9. The summed E-state index contributed by atoms with van der Waals surface area (Å²) >= 11 is 4.92. The molecule has 0 saturated carbocycles. The van der Waals surface area contributed by atoms with Crippen LogP contribution in [0.4, 0.5) is 5.13 Å². The molecule has 3 aromatic rings. The van der Waals surface area contributed by atoms with Gasteiger partial charge in [0.1, 0.15) is 0 Å². The Balaban J connectivity index is 1.56. The lowest BCUT2D eigenvalue weighted by Gasteiger charge is -2.34. The number of Topliss-reactive ketones (excluding diaryl/α,β-unsaturated/α-hetero) is 1. The highest BCUT2D eigenvalue weighted by Crippen LogP contribution is 2.42. The van der Waals surface area contributed by atoms with Crippen LogP contribution in [0.2, 0.25) is 0 Å². The third-order valence-electron chi connectivity index (χ3n) is 5.74. The van der Waals surface area contributed by atoms with Crippen molar-refractivity contribution in [2.75, 3.05) is 5.32 Å². The van der Waals surface area contributed by atoms with E-state index in [1.165, 1.54) is 11.3 Å². The zero-order chi connectivity index (χ0) is 21.5. The van der Waals surface area contributed by atoms with Crippen LogP contribution in [0.15, 0.2) is 75.5 Å². The van der Waals surface area contributed by atoms with E-state index in [0.29, 0.717) is 22.7 Å². The summed E-state index contributed by atoms with van der Waals surface area (Å²) in [6.07, 6.45) is 2.16. The average molecular weight is 494 g/mol. The van der Waals surface area contributed by atoms with E-state index >= 15 is 0 Å². The van der Waals surface area contributed by atoms with Gasteiger partial charge in [-0.1, -0.05) is 51.5 Å². The van der Waals surface area contributed by atoms with Crippen LogP contribution in [0.25, 0.3) is 10.2 Å². The van der Waals surface area contributed by atoms with Crippen molar-refractivity contribution in [1.29, 1.82) is 0 Å². The highest BCUT2D eigenvalue weighted by Gasteiger charge is 2.38. The maximum absolute atomic E-state index is 13.5. The van der Waals surface area contributed by atoms with Gasteiger partial charge in [-0.15, -0.1) is 0 Å². The van der Waals surface area contributed by atoms with Gasteiger partial charge in [0, 0.05) is 39.4 Å². The molecule has 1 amide bonds. The number of nitrogens with one attached hydrogen (secondary N) is 2. The predicted molar refractivity (Wildman–Crippen MR) is 127 cm³/mol. The van der Waals surface area contributed by atoms with E-state index in [2.05, 4.69) is 31.5 Å². The van der Waals surface area contributed by atoms with E-state index in [9.17, 15) is 9.59 Å². The molecule has 0 bridgehead atoms. The number of allylic oxidation sites excluding steroid dienone is 3. The number of rotatable bonds is 3. The van der Waals surface area contributed by atoms with E-state index in [4.69, 9.17) is 0 Å². The first-order chi connectivity index (χ1) is 15.0. The van der Waals surface area contributed by atoms with Crippen LogP contribution < -0.4 is 10.6 Å². The summed E-state index contributed by atoms with van der Waals surface area (Å²) in [6.45, 7) is 1.90. The second kappa shape index (κ2) is 8.05. The minimum absolute atomic E-state index is 0.111. The molecule has 0 radical (unpaired) electrons. The quantitative estimate of drug-likeness (QED) is 0.493. The first-order valence-corrected chi connectivity index (χ1v) is 11.8. The molecule has 1 aromatic heterocycles. The zero-order valence-corrected chi connectivity index (χ0v) is 19.3. The molecule has 1 aliphatic heterocycles. The fraction of sp³-hybridized carbons (Fsp3) is 0.208. The number of benzene rings is 2. The van der Waals surface area contributed by atoms with Gasteiger partial charge in [0.15, 0.2) is 10.9 Å². The fourth-order valence-corrected chi connectivity index (χ4v) is 5.49. The first kappa shape index (κ1) is 20.2. The van der Waals surface area contributed by atoms with Gasteiger partial charge in [-0.3, -0.25) is 14.9 Å². The smallest absolute Gasteiger partial charge is 0.256 e. The fourth-order valence-electron chi connectivity index (χ4n) is 4.36. The van der Waals surface area contributed by atoms with Crippen LogP contribution in [-0.2, 0) is 9.59 Å². The number of nitrogens with zero attached hydrogens (tertiary/aromatic N) is 1. The van der Waals surface area contributed by atoms with Gasteiger partial charge in [-0.2, -0.15) is 0 Å². The number of carbonyl (C=O) groups excluding carboxylic acids is 2. The lowest BCUT2D eigenvalue weighted by Crippen LogP contribution is -2.35. The molecule has 1 atom stereocenters. The van der Waals surface area contributed by atoms with Gasteiger partial charge >= 0.3 is 0 Å². The Labute approximate surface area is 192 Å². The standard InChI is InChI=1S/C24H20BrN3O2S/c1-13-20(23(30)28-24-27-16-5-2-3-8-19(16)31-24)21(14-9-11-15(25)12-10-14)22-17(26-13)6-4-7-18(22)29/h2-3,5,8-12,21,26H,4,6-7H2,1H3,(H,27,28,30). The molecule has 0 spiro atoms. The summed E-state index contributed by atoms with van der Waals surface area (Å²) in [6, 6.07) is 15.6. The highest BCUT2D eigenvalue weighted by molar-refractivity contribution is 9.10. The molecule has 2 N–H and O–H groups in total. The van der Waals surface area contributed by atoms with Crippen LogP contribution in [0.1, 0.15) is 37.7 Å². The number of fused-ring (bicyclic) bond motifs is 1. The normalized spacial score (nSPS) is 18.8. The van der Waals surface area contributed by atoms with Crippen LogP contribution in [0.5, 0.6) is 0 Å². The lowest BCUT2D eigenvalue weighted by atomic mass is 9.75. The van der Waals surface area contributed by atoms with E-state index in [1.54, 1.807) is 0 Å². The Hall–Kier alpha value is -2.77. The number of para-hydroxylation sites is 1. The van der Waals surface area contributed by atoms with Crippen molar-refractivity contribution in [3.63, 3.8) is 0 Å². The Morgan fingerprint density at radius 2 is 1.94 bits per heavy atom. The van der Waals surface area contributed by atoms with Crippen molar-refractivity contribution in [3.8, 4) is 0 Å². The van der Waals surface area contributed by atoms with Gasteiger partial charge < -0.3 is 5.32 Å². The van der Waals surface area contributed by atoms with E-state index in [1.807, 2.05) is 55.5 Å². The van der Waals surface area contributed by atoms with Gasteiger partial charge in [0.25, 0.3) is 5.91 Å². The first-order valence-electron chi connectivity index (χ1n) is 10.2. The monoisotopic (exact) mass is 493 g/mol. The summed E-state index contributed by atoms with van der Waals surface area (Å²) in [5.41, 5.74) is 4.79. The Kier molecular flexibility index (Phi) is 5.24. The van der Waals surface area contributed by atoms with Crippen molar-refractivity contribution in [1.82, 2.24) is 10.3 Å². The van der Waals surface area contributed by atoms with Crippen molar-refractivity contribution >= 4 is 54.3 Å². The lowest BCUT2D eigenvalue weighted by molar-refractivity contribution is -0.116. The molecule has 156 valence electrons. The van der Waals surface area contributed by atoms with Crippen molar-refractivity contribution < 1.29 is 9.59 Å². The van der Waals surface area contributed by atoms with Crippen molar-refractivity contribution in [2.24, 2.45) is 0 Å². The molecule has 7 heteroatoms. The van der Waals surface area contributed by atoms with Gasteiger partial charge in [-0.25, -0.2) is 4.98 Å². The number of carbonyl (C=O) groups is 2. The molecule has 1 unspecified atom stereocenters. The minimum Gasteiger partial charge on any atom is -0.362 e. The number of amides is 1. The summed E-state index contributed by atoms with van der Waals surface area (Å²) in [5, 5.41) is 6.89. The summed E-state index contributed by atoms with van der Waals surface area (Å²) in [5.74, 6) is -0.520. The largest absolute Gasteiger partial charge is 0.362 e. The number of anilines is 1. The minimum atomic E-state index is -0.397. The Bertz CT molecular complexity index is 1240. The third kappa shape index (κ3) is 3.72. The molecular formula is C24H20BrN3O2S. The van der Waals surface area contributed by atoms with E-state index < -0.39 is 5.92 Å². The number of aromatic nitrogens is 1. The number of dihydropyridines is 1. The number of thiazole rings is 1. The van der Waals surface area contributed by atoms with E-state index in [0.717, 1.165) is 44.5 Å². The second-order valence-electron chi connectivity index (χ2n) is 7.76. The average Bonchev–Trinajstić information content (AvgIpc) is 3.15. The second-order valence-corrected chi connectivity index (χ2v) is 9.70. The zero-order valence-electron chi connectivity index (χ0n) is 16.9. The Morgan fingerprint density at radius 3 is 2.71 bits per heavy atom. The number of ketones is 1. The van der Waals surface area contributed by atoms with Crippen LogP contribution >= 0.6 is 27.3 Å². The summed E-state index contributed by atoms with van der Waals surface area (Å²) in [4.78, 5) is 31.0. The molecule has 1 aliphatic carbocycles. The topological polar surface area (TPSA) is 71.1 Å². The van der Waals surface area contributed by atoms with Crippen LogP contribution in [0, 0.1) is 0 Å². The molecule has 2 aromatic carbocycles. The van der Waals surface area contributed by atoms with Crippen molar-refractivity contribution in [3.05, 3.63) is 81.1 Å². The molecule has 0 fully saturated rings. The van der Waals surface area contributed by atoms with Gasteiger partial charge in [0.05, 0.1) is 10.2 Å². The molecule has 2 aliphatic rings. The molecule has 5 rings (SSSR count). The number of hydrogen-bond acceptors (Lipinski definition) is 5. The van der Waals surface area contributed by atoms with Crippen LogP contribution in [0.3, 0.4) is 0 Å². The summed E-state index contributed by atoms with van der Waals surface area (Å²) < 4.78 is 1.97. The third-order valence-corrected chi connectivity index (χ3v) is 7.22. The number of hydrogen-bond donors (Lipinski definition) is 2. The maximum Gasteiger partial charge on any atom is 0.256 e. The van der Waals surface area contributed by atoms with Gasteiger partial charge in [-0.05, 0) is 49.6 Å². The van der Waals surface area contributed by atoms with Crippen LogP contribution in [-0.4, -0.2) is 16.7 Å². The summed E-state index contributed by atoms with van der Waals surface area (Å²) in [7, 11) is 0. The predicted octanol–water partition coefficient (Wildman–Crippen LogP) is 5.67. The molecular weight excluding hydrogens is 474 g/mol. The van der Waals surface area contributed by atoms with Gasteiger partial charge in [0.2, 0.25) is 0 Å². The molecule has 0 saturated heterocycles. The molecule has 2 heterocycles. The van der Waals surface area contributed by atoms with Crippen molar-refractivity contribution in [2.45, 2.75) is 32.1 Å². The Morgan fingerprint density at radius 1 is 1.16 bits per heavy atom. The SMILES string of the molecule is CC1=C(C(=O)Nc2nc3ccccc3s2)C(c2ccc(Br)cc2)C2=C(CCCC2=O)N1. The maximum atomic E-state index is 13.5. The number of halogens is 1. The molecule has 5 nitrogen and oxygen atoms in total.